The van der Waals surface area contributed by atoms with Gasteiger partial charge in [-0.15, -0.1) is 11.3 Å². The monoisotopic (exact) mass is 230 g/mol. The zero-order valence-electron chi connectivity index (χ0n) is 6.00. The van der Waals surface area contributed by atoms with Crippen LogP contribution < -0.4 is 0 Å². The van der Waals surface area contributed by atoms with Gasteiger partial charge in [-0.05, 0) is 40.4 Å². The molecule has 0 unspecified atom stereocenters. The summed E-state index contributed by atoms with van der Waals surface area (Å²) in [4.78, 5) is 11.8. The number of carbonyl (C=O) groups excluding carboxylic acids is 1. The number of ketones is 1. The molecule has 1 nitrogen and oxygen atoms in total. The van der Waals surface area contributed by atoms with Gasteiger partial charge in [-0.3, -0.25) is 4.79 Å². The van der Waals surface area contributed by atoms with Crippen LogP contribution in [0.1, 0.15) is 11.8 Å². The third kappa shape index (κ3) is 2.60. The van der Waals surface area contributed by atoms with Gasteiger partial charge in [0.1, 0.15) is 0 Å². The predicted molar refractivity (Wildman–Crippen MR) is 51.9 cm³/mol. The van der Waals surface area contributed by atoms with E-state index in [9.17, 15) is 4.79 Å². The van der Waals surface area contributed by atoms with E-state index < -0.39 is 0 Å². The fraction of sp³-hybridized carbons (Fsp3) is 0.125. The van der Waals surface area contributed by atoms with E-state index in [0.717, 1.165) is 4.88 Å². The van der Waals surface area contributed by atoms with E-state index in [1.54, 1.807) is 11.3 Å². The molecule has 0 aliphatic rings. The Morgan fingerprint density at radius 3 is 2.91 bits per heavy atom. The minimum atomic E-state index is 0.0541. The summed E-state index contributed by atoms with van der Waals surface area (Å²) in [5.41, 5.74) is 0. The number of thiophene rings is 1. The average Bonchev–Trinajstić information content (AvgIpc) is 2.39. The third-order valence-corrected chi connectivity index (χ3v) is 2.76. The normalized spacial score (nSPS) is 11.6. The van der Waals surface area contributed by atoms with Crippen LogP contribution in [0, 0.1) is 0 Å². The second-order valence-electron chi connectivity index (χ2n) is 2.06. The van der Waals surface area contributed by atoms with Crippen LogP contribution in [0.4, 0.5) is 0 Å². The molecule has 1 aromatic rings. The number of Topliss-reactive ketones (excluding diaryl/α,β-unsaturated/α-hetero) is 1. The fourth-order valence-corrected chi connectivity index (χ4v) is 1.66. The van der Waals surface area contributed by atoms with Crippen LogP contribution in [0.5, 0.6) is 0 Å². The van der Waals surface area contributed by atoms with Crippen molar-refractivity contribution in [1.29, 1.82) is 0 Å². The number of rotatable bonds is 2. The maximum absolute atomic E-state index is 10.8. The lowest BCUT2D eigenvalue weighted by atomic mass is 10.3. The second-order valence-corrected chi connectivity index (χ2v) is 3.90. The number of hydrogen-bond acceptors (Lipinski definition) is 2. The molecule has 0 saturated carbocycles. The Hall–Kier alpha value is -0.410. The van der Waals surface area contributed by atoms with Crippen LogP contribution in [0.25, 0.3) is 6.08 Å². The van der Waals surface area contributed by atoms with Crippen LogP contribution in [-0.2, 0) is 4.79 Å². The lowest BCUT2D eigenvalue weighted by Gasteiger charge is -1.88. The summed E-state index contributed by atoms with van der Waals surface area (Å²) in [6.07, 6.45) is 1.83. The Bertz CT molecular complexity index is 274. The highest BCUT2D eigenvalue weighted by atomic mass is 79.9. The van der Waals surface area contributed by atoms with Gasteiger partial charge in [-0.1, -0.05) is 6.07 Å². The molecule has 1 heterocycles. The van der Waals surface area contributed by atoms with Gasteiger partial charge in [0.05, 0.1) is 4.48 Å². The van der Waals surface area contributed by atoms with Gasteiger partial charge in [0.25, 0.3) is 0 Å². The van der Waals surface area contributed by atoms with Crippen molar-refractivity contribution in [2.75, 3.05) is 0 Å². The molecule has 0 aromatic carbocycles. The molecule has 0 radical (unpaired) electrons. The molecular weight excluding hydrogens is 224 g/mol. The van der Waals surface area contributed by atoms with Crippen molar-refractivity contribution >= 4 is 39.1 Å². The highest BCUT2D eigenvalue weighted by Gasteiger charge is 1.97. The largest absolute Gasteiger partial charge is 0.294 e. The van der Waals surface area contributed by atoms with Crippen LogP contribution in [0.2, 0.25) is 0 Å². The van der Waals surface area contributed by atoms with Crippen molar-refractivity contribution < 1.29 is 4.79 Å². The number of carbonyl (C=O) groups is 1. The summed E-state index contributed by atoms with van der Waals surface area (Å²) >= 11 is 4.79. The van der Waals surface area contributed by atoms with E-state index in [4.69, 9.17) is 0 Å². The first-order chi connectivity index (χ1) is 5.20. The average molecular weight is 231 g/mol. The molecule has 1 rings (SSSR count). The summed E-state index contributed by atoms with van der Waals surface area (Å²) in [6.45, 7) is 1.54. The van der Waals surface area contributed by atoms with Crippen LogP contribution >= 0.6 is 27.3 Å². The van der Waals surface area contributed by atoms with Crippen molar-refractivity contribution in [3.63, 3.8) is 0 Å². The third-order valence-electron chi connectivity index (χ3n) is 1.15. The second kappa shape index (κ2) is 3.83. The summed E-state index contributed by atoms with van der Waals surface area (Å²) < 4.78 is 0.625. The van der Waals surface area contributed by atoms with E-state index in [-0.39, 0.29) is 5.78 Å². The van der Waals surface area contributed by atoms with Crippen molar-refractivity contribution in [2.45, 2.75) is 6.92 Å². The summed E-state index contributed by atoms with van der Waals surface area (Å²) in [7, 11) is 0. The van der Waals surface area contributed by atoms with Crippen molar-refractivity contribution in [2.24, 2.45) is 0 Å². The van der Waals surface area contributed by atoms with Crippen LogP contribution in [-0.4, -0.2) is 5.78 Å². The molecule has 3 heteroatoms. The minimum absolute atomic E-state index is 0.0541. The standard InChI is InChI=1S/C8H7BrOS/c1-6(10)8(9)5-7-3-2-4-11-7/h2-5H,1H3/b8-5+. The molecule has 0 aliphatic carbocycles. The molecule has 0 spiro atoms. The quantitative estimate of drug-likeness (QED) is 0.715. The Balaban J connectivity index is 2.82. The van der Waals surface area contributed by atoms with Gasteiger partial charge in [0.15, 0.2) is 5.78 Å². The lowest BCUT2D eigenvalue weighted by Crippen LogP contribution is -1.86. The highest BCUT2D eigenvalue weighted by molar-refractivity contribution is 9.12. The van der Waals surface area contributed by atoms with Crippen molar-refractivity contribution in [3.05, 3.63) is 26.9 Å². The molecule has 0 fully saturated rings. The van der Waals surface area contributed by atoms with Gasteiger partial charge in [0.2, 0.25) is 0 Å². The van der Waals surface area contributed by atoms with E-state index in [0.29, 0.717) is 4.48 Å². The van der Waals surface area contributed by atoms with Crippen molar-refractivity contribution in [1.82, 2.24) is 0 Å². The van der Waals surface area contributed by atoms with Crippen LogP contribution in [0.15, 0.2) is 22.0 Å². The lowest BCUT2D eigenvalue weighted by molar-refractivity contribution is -0.112. The van der Waals surface area contributed by atoms with E-state index >= 15 is 0 Å². The molecule has 0 aliphatic heterocycles. The highest BCUT2D eigenvalue weighted by Crippen LogP contribution is 2.16. The topological polar surface area (TPSA) is 17.1 Å². The molecule has 58 valence electrons. The molecule has 0 bridgehead atoms. The van der Waals surface area contributed by atoms with Gasteiger partial charge in [-0.2, -0.15) is 0 Å². The molecule has 0 N–H and O–H groups in total. The summed E-state index contributed by atoms with van der Waals surface area (Å²) in [6, 6.07) is 3.92. The molecular formula is C8H7BrOS. The molecule has 0 atom stereocenters. The molecule has 11 heavy (non-hydrogen) atoms. The number of hydrogen-bond donors (Lipinski definition) is 0. The van der Waals surface area contributed by atoms with E-state index in [1.165, 1.54) is 6.92 Å². The first-order valence-electron chi connectivity index (χ1n) is 3.12. The Kier molecular flexibility index (Phi) is 3.02. The van der Waals surface area contributed by atoms with E-state index in [2.05, 4.69) is 15.9 Å². The molecule has 1 aromatic heterocycles. The van der Waals surface area contributed by atoms with Crippen molar-refractivity contribution in [3.8, 4) is 0 Å². The summed E-state index contributed by atoms with van der Waals surface area (Å²) in [5.74, 6) is 0.0541. The van der Waals surface area contributed by atoms with Gasteiger partial charge < -0.3 is 0 Å². The van der Waals surface area contributed by atoms with Gasteiger partial charge in [-0.25, -0.2) is 0 Å². The maximum Gasteiger partial charge on any atom is 0.166 e. The Morgan fingerprint density at radius 1 is 1.73 bits per heavy atom. The maximum atomic E-state index is 10.8. The van der Waals surface area contributed by atoms with Gasteiger partial charge >= 0.3 is 0 Å². The predicted octanol–water partition coefficient (Wildman–Crippen LogP) is 3.07. The first kappa shape index (κ1) is 8.68. The first-order valence-corrected chi connectivity index (χ1v) is 4.79. The number of halogens is 1. The zero-order chi connectivity index (χ0) is 8.27. The molecule has 0 saturated heterocycles. The summed E-state index contributed by atoms with van der Waals surface area (Å²) in [5, 5.41) is 1.98. The molecule has 0 amide bonds. The fourth-order valence-electron chi connectivity index (χ4n) is 0.600. The smallest absolute Gasteiger partial charge is 0.166 e. The zero-order valence-corrected chi connectivity index (χ0v) is 8.41. The van der Waals surface area contributed by atoms with Gasteiger partial charge in [0, 0.05) is 4.88 Å². The Labute approximate surface area is 77.9 Å². The SMILES string of the molecule is CC(=O)/C(Br)=C\c1cccs1. The van der Waals surface area contributed by atoms with Crippen LogP contribution in [0.3, 0.4) is 0 Å². The number of allylic oxidation sites excluding steroid dienone is 1. The Morgan fingerprint density at radius 2 is 2.45 bits per heavy atom. The minimum Gasteiger partial charge on any atom is -0.294 e. The van der Waals surface area contributed by atoms with E-state index in [1.807, 2.05) is 23.6 Å².